The number of anilines is 1. The second-order valence-electron chi connectivity index (χ2n) is 5.34. The van der Waals surface area contributed by atoms with Gasteiger partial charge in [-0.1, -0.05) is 12.1 Å². The molecule has 0 aliphatic carbocycles. The number of methoxy groups -OCH3 is 1. The molecule has 1 fully saturated rings. The summed E-state index contributed by atoms with van der Waals surface area (Å²) in [7, 11) is 1.58. The zero-order valence-electron chi connectivity index (χ0n) is 13.0. The van der Waals surface area contributed by atoms with E-state index in [1.807, 2.05) is 29.1 Å². The van der Waals surface area contributed by atoms with Crippen molar-refractivity contribution in [1.82, 2.24) is 15.1 Å². The van der Waals surface area contributed by atoms with Crippen molar-refractivity contribution in [3.05, 3.63) is 42.2 Å². The van der Waals surface area contributed by atoms with Crippen molar-refractivity contribution >= 4 is 24.0 Å². The van der Waals surface area contributed by atoms with Gasteiger partial charge in [0.15, 0.2) is 5.69 Å². The molecule has 0 spiro atoms. The summed E-state index contributed by atoms with van der Waals surface area (Å²) >= 11 is 0. The number of carbonyl (C=O) groups excluding carboxylic acids is 1. The van der Waals surface area contributed by atoms with Crippen molar-refractivity contribution in [3.8, 4) is 5.75 Å². The molecule has 0 bridgehead atoms. The summed E-state index contributed by atoms with van der Waals surface area (Å²) in [6.07, 6.45) is 4.09. The average Bonchev–Trinajstić information content (AvgIpc) is 3.06. The van der Waals surface area contributed by atoms with Crippen LogP contribution in [0.5, 0.6) is 5.75 Å². The number of ether oxygens (including phenoxy) is 1. The van der Waals surface area contributed by atoms with Gasteiger partial charge >= 0.3 is 0 Å². The normalized spacial score (nSPS) is 17.2. The molecule has 0 saturated carbocycles. The van der Waals surface area contributed by atoms with Crippen molar-refractivity contribution < 1.29 is 9.53 Å². The molecule has 1 aromatic carbocycles. The van der Waals surface area contributed by atoms with Crippen LogP contribution in [-0.4, -0.2) is 35.9 Å². The first-order valence-corrected chi connectivity index (χ1v) is 7.48. The summed E-state index contributed by atoms with van der Waals surface area (Å²) < 4.78 is 7.11. The lowest BCUT2D eigenvalue weighted by molar-refractivity contribution is 0.102. The van der Waals surface area contributed by atoms with Gasteiger partial charge in [0.1, 0.15) is 5.75 Å². The summed E-state index contributed by atoms with van der Waals surface area (Å²) in [6, 6.07) is 9.39. The SMILES string of the molecule is COc1ccccc1NC(=O)c1ccn(C2CCCNC2)n1.Cl. The van der Waals surface area contributed by atoms with E-state index in [4.69, 9.17) is 4.74 Å². The number of nitrogens with zero attached hydrogens (tertiary/aromatic N) is 2. The number of halogens is 1. The highest BCUT2D eigenvalue weighted by atomic mass is 35.5. The zero-order valence-corrected chi connectivity index (χ0v) is 13.8. The van der Waals surface area contributed by atoms with Gasteiger partial charge in [-0.05, 0) is 37.6 Å². The van der Waals surface area contributed by atoms with Gasteiger partial charge in [-0.15, -0.1) is 12.4 Å². The van der Waals surface area contributed by atoms with Gasteiger partial charge < -0.3 is 15.4 Å². The van der Waals surface area contributed by atoms with Crippen LogP contribution in [0, 0.1) is 0 Å². The summed E-state index contributed by atoms with van der Waals surface area (Å²) in [5.74, 6) is 0.402. The summed E-state index contributed by atoms with van der Waals surface area (Å²) in [5, 5.41) is 10.6. The molecular weight excluding hydrogens is 316 g/mol. The van der Waals surface area contributed by atoms with E-state index in [2.05, 4.69) is 15.7 Å². The minimum absolute atomic E-state index is 0. The average molecular weight is 337 g/mol. The molecule has 2 N–H and O–H groups in total. The third kappa shape index (κ3) is 4.03. The number of rotatable bonds is 4. The van der Waals surface area contributed by atoms with Gasteiger partial charge in [0.2, 0.25) is 0 Å². The van der Waals surface area contributed by atoms with Gasteiger partial charge in [0.05, 0.1) is 18.8 Å². The quantitative estimate of drug-likeness (QED) is 0.900. The Morgan fingerprint density at radius 2 is 2.22 bits per heavy atom. The third-order valence-corrected chi connectivity index (χ3v) is 3.84. The molecule has 7 heteroatoms. The van der Waals surface area contributed by atoms with Gasteiger partial charge in [-0.3, -0.25) is 9.48 Å². The molecule has 1 aliphatic heterocycles. The van der Waals surface area contributed by atoms with E-state index in [-0.39, 0.29) is 18.3 Å². The van der Waals surface area contributed by atoms with Gasteiger partial charge in [0, 0.05) is 12.7 Å². The summed E-state index contributed by atoms with van der Waals surface area (Å²) in [6.45, 7) is 1.95. The Hall–Kier alpha value is -2.05. The fraction of sp³-hybridized carbons (Fsp3) is 0.375. The van der Waals surface area contributed by atoms with Crippen LogP contribution in [0.2, 0.25) is 0 Å². The van der Waals surface area contributed by atoms with Crippen molar-refractivity contribution in [2.24, 2.45) is 0 Å². The molecule has 2 aromatic rings. The maximum absolute atomic E-state index is 12.3. The number of nitrogens with one attached hydrogen (secondary N) is 2. The molecule has 3 rings (SSSR count). The number of para-hydroxylation sites is 2. The van der Waals surface area contributed by atoms with Crippen LogP contribution < -0.4 is 15.4 Å². The van der Waals surface area contributed by atoms with Crippen molar-refractivity contribution in [1.29, 1.82) is 0 Å². The minimum Gasteiger partial charge on any atom is -0.495 e. The van der Waals surface area contributed by atoms with Crippen LogP contribution in [-0.2, 0) is 0 Å². The van der Waals surface area contributed by atoms with Crippen LogP contribution in [0.4, 0.5) is 5.69 Å². The molecule has 124 valence electrons. The Morgan fingerprint density at radius 3 is 2.96 bits per heavy atom. The zero-order chi connectivity index (χ0) is 15.4. The molecule has 1 amide bonds. The number of aromatic nitrogens is 2. The van der Waals surface area contributed by atoms with Gasteiger partial charge in [0.25, 0.3) is 5.91 Å². The lowest BCUT2D eigenvalue weighted by Crippen LogP contribution is -2.32. The van der Waals surface area contributed by atoms with Crippen LogP contribution in [0.1, 0.15) is 29.4 Å². The Balaban J connectivity index is 0.00000192. The van der Waals surface area contributed by atoms with Crippen molar-refractivity contribution in [2.45, 2.75) is 18.9 Å². The Kier molecular flexibility index (Phi) is 6.01. The van der Waals surface area contributed by atoms with Gasteiger partial charge in [-0.25, -0.2) is 0 Å². The van der Waals surface area contributed by atoms with E-state index in [9.17, 15) is 4.79 Å². The fourth-order valence-corrected chi connectivity index (χ4v) is 2.66. The minimum atomic E-state index is -0.230. The molecule has 1 atom stereocenters. The summed E-state index contributed by atoms with van der Waals surface area (Å²) in [4.78, 5) is 12.3. The highest BCUT2D eigenvalue weighted by molar-refractivity contribution is 6.03. The standard InChI is InChI=1S/C16H20N4O2.ClH/c1-22-15-7-3-2-6-13(15)18-16(21)14-8-10-20(19-14)12-5-4-9-17-11-12;/h2-3,6-8,10,12,17H,4-5,9,11H2,1H3,(H,18,21);1H. The maximum Gasteiger partial charge on any atom is 0.276 e. The Labute approximate surface area is 141 Å². The highest BCUT2D eigenvalue weighted by Crippen LogP contribution is 2.23. The largest absolute Gasteiger partial charge is 0.495 e. The molecule has 1 aromatic heterocycles. The predicted octanol–water partition coefficient (Wildman–Crippen LogP) is 2.49. The molecule has 23 heavy (non-hydrogen) atoms. The number of benzene rings is 1. The monoisotopic (exact) mass is 336 g/mol. The van der Waals surface area contributed by atoms with Crippen LogP contribution in [0.3, 0.4) is 0 Å². The van der Waals surface area contributed by atoms with Crippen LogP contribution in [0.25, 0.3) is 0 Å². The van der Waals surface area contributed by atoms with Crippen molar-refractivity contribution in [3.63, 3.8) is 0 Å². The maximum atomic E-state index is 12.3. The lowest BCUT2D eigenvalue weighted by atomic mass is 10.1. The third-order valence-electron chi connectivity index (χ3n) is 3.84. The molecule has 1 saturated heterocycles. The van der Waals surface area contributed by atoms with E-state index < -0.39 is 0 Å². The number of carbonyl (C=O) groups is 1. The fourth-order valence-electron chi connectivity index (χ4n) is 2.66. The van der Waals surface area contributed by atoms with E-state index in [0.29, 0.717) is 23.2 Å². The number of hydrogen-bond donors (Lipinski definition) is 2. The molecule has 0 radical (unpaired) electrons. The highest BCUT2D eigenvalue weighted by Gasteiger charge is 2.18. The smallest absolute Gasteiger partial charge is 0.276 e. The molecule has 1 unspecified atom stereocenters. The Morgan fingerprint density at radius 1 is 1.39 bits per heavy atom. The number of amides is 1. The predicted molar refractivity (Wildman–Crippen MR) is 91.6 cm³/mol. The van der Waals surface area contributed by atoms with Gasteiger partial charge in [-0.2, -0.15) is 5.10 Å². The van der Waals surface area contributed by atoms with E-state index >= 15 is 0 Å². The number of piperidine rings is 1. The van der Waals surface area contributed by atoms with Crippen LogP contribution in [0.15, 0.2) is 36.5 Å². The lowest BCUT2D eigenvalue weighted by Gasteiger charge is -2.22. The van der Waals surface area contributed by atoms with Crippen LogP contribution >= 0.6 is 12.4 Å². The summed E-state index contributed by atoms with van der Waals surface area (Å²) in [5.41, 5.74) is 1.06. The molecule has 6 nitrogen and oxygen atoms in total. The topological polar surface area (TPSA) is 68.2 Å². The first-order valence-electron chi connectivity index (χ1n) is 7.48. The second kappa shape index (κ2) is 7.99. The second-order valence-corrected chi connectivity index (χ2v) is 5.34. The molecule has 2 heterocycles. The van der Waals surface area contributed by atoms with E-state index in [0.717, 1.165) is 25.9 Å². The molecule has 1 aliphatic rings. The van der Waals surface area contributed by atoms with E-state index in [1.54, 1.807) is 19.2 Å². The van der Waals surface area contributed by atoms with Crippen molar-refractivity contribution in [2.75, 3.05) is 25.5 Å². The first kappa shape index (κ1) is 17.3. The van der Waals surface area contributed by atoms with E-state index in [1.165, 1.54) is 0 Å². The first-order chi connectivity index (χ1) is 10.8. The Bertz CT molecular complexity index is 653. The molecular formula is C16H21ClN4O2. The number of hydrogen-bond acceptors (Lipinski definition) is 4.